The molecule has 1 aliphatic rings. The van der Waals surface area contributed by atoms with Crippen LogP contribution in [-0.2, 0) is 4.79 Å². The average Bonchev–Trinajstić information content (AvgIpc) is 2.61. The van der Waals surface area contributed by atoms with Crippen LogP contribution in [0.1, 0.15) is 12.0 Å². The van der Waals surface area contributed by atoms with Gasteiger partial charge in [-0.3, -0.25) is 4.79 Å². The minimum Gasteiger partial charge on any atom is -0.480 e. The first kappa shape index (κ1) is 11.9. The van der Waals surface area contributed by atoms with Crippen LogP contribution < -0.4 is 10.5 Å². The molecule has 1 amide bonds. The first-order chi connectivity index (χ1) is 8.09. The van der Waals surface area contributed by atoms with Crippen molar-refractivity contribution in [3.63, 3.8) is 0 Å². The SMILES string of the molecule is CN1CCC(Oc2ccccc2C(N)=S)C1=O. The number of likely N-dealkylation sites (tertiary alicyclic amines) is 1. The molecule has 1 atom stereocenters. The van der Waals surface area contributed by atoms with E-state index in [-0.39, 0.29) is 10.9 Å². The number of carbonyl (C=O) groups is 1. The highest BCUT2D eigenvalue weighted by atomic mass is 32.1. The van der Waals surface area contributed by atoms with Gasteiger partial charge in [0, 0.05) is 20.0 Å². The van der Waals surface area contributed by atoms with Crippen molar-refractivity contribution >= 4 is 23.1 Å². The van der Waals surface area contributed by atoms with Crippen LogP contribution in [-0.4, -0.2) is 35.5 Å². The van der Waals surface area contributed by atoms with Gasteiger partial charge in [-0.05, 0) is 12.1 Å². The molecule has 2 rings (SSSR count). The van der Waals surface area contributed by atoms with Gasteiger partial charge in [-0.15, -0.1) is 0 Å². The van der Waals surface area contributed by atoms with Crippen molar-refractivity contribution in [1.82, 2.24) is 4.90 Å². The third-order valence-corrected chi connectivity index (χ3v) is 3.02. The zero-order valence-electron chi connectivity index (χ0n) is 9.55. The van der Waals surface area contributed by atoms with Crippen molar-refractivity contribution in [3.05, 3.63) is 29.8 Å². The van der Waals surface area contributed by atoms with E-state index < -0.39 is 6.10 Å². The van der Waals surface area contributed by atoms with E-state index in [4.69, 9.17) is 22.7 Å². The van der Waals surface area contributed by atoms with E-state index in [1.807, 2.05) is 12.1 Å². The van der Waals surface area contributed by atoms with E-state index >= 15 is 0 Å². The molecule has 1 aromatic carbocycles. The van der Waals surface area contributed by atoms with E-state index in [1.54, 1.807) is 24.1 Å². The van der Waals surface area contributed by atoms with Crippen molar-refractivity contribution in [2.45, 2.75) is 12.5 Å². The Hall–Kier alpha value is -1.62. The van der Waals surface area contributed by atoms with Gasteiger partial charge in [-0.25, -0.2) is 0 Å². The molecule has 0 spiro atoms. The Balaban J connectivity index is 2.19. The molecular formula is C12H14N2O2S. The van der Waals surface area contributed by atoms with Crippen LogP contribution in [0.5, 0.6) is 5.75 Å². The van der Waals surface area contributed by atoms with E-state index in [1.165, 1.54) is 0 Å². The molecule has 1 heterocycles. The van der Waals surface area contributed by atoms with Gasteiger partial charge in [-0.2, -0.15) is 0 Å². The largest absolute Gasteiger partial charge is 0.480 e. The smallest absolute Gasteiger partial charge is 0.263 e. The fraction of sp³-hybridized carbons (Fsp3) is 0.333. The molecule has 0 aliphatic carbocycles. The Bertz CT molecular complexity index is 462. The van der Waals surface area contributed by atoms with Gasteiger partial charge >= 0.3 is 0 Å². The predicted octanol–water partition coefficient (Wildman–Crippen LogP) is 0.930. The first-order valence-corrected chi connectivity index (χ1v) is 5.81. The number of thiocarbonyl (C=S) groups is 1. The fourth-order valence-corrected chi connectivity index (χ4v) is 1.99. The summed E-state index contributed by atoms with van der Waals surface area (Å²) in [6.45, 7) is 0.721. The predicted molar refractivity (Wildman–Crippen MR) is 69.0 cm³/mol. The number of likely N-dealkylation sites (N-methyl/N-ethyl adjacent to an activating group) is 1. The summed E-state index contributed by atoms with van der Waals surface area (Å²) >= 11 is 4.95. The molecule has 1 aromatic rings. The molecule has 0 radical (unpaired) electrons. The maximum atomic E-state index is 11.7. The van der Waals surface area contributed by atoms with Crippen molar-refractivity contribution in [2.24, 2.45) is 5.73 Å². The van der Waals surface area contributed by atoms with Crippen LogP contribution in [0.2, 0.25) is 0 Å². The third kappa shape index (κ3) is 2.39. The summed E-state index contributed by atoms with van der Waals surface area (Å²) in [7, 11) is 1.77. The van der Waals surface area contributed by atoms with E-state index in [0.717, 1.165) is 6.54 Å². The zero-order valence-corrected chi connectivity index (χ0v) is 10.4. The third-order valence-electron chi connectivity index (χ3n) is 2.80. The van der Waals surface area contributed by atoms with Gasteiger partial charge in [0.25, 0.3) is 5.91 Å². The van der Waals surface area contributed by atoms with Crippen LogP contribution in [0.3, 0.4) is 0 Å². The number of hydrogen-bond acceptors (Lipinski definition) is 3. The Morgan fingerprint density at radius 3 is 2.82 bits per heavy atom. The van der Waals surface area contributed by atoms with Gasteiger partial charge in [0.1, 0.15) is 10.7 Å². The highest BCUT2D eigenvalue weighted by molar-refractivity contribution is 7.80. The molecule has 0 aromatic heterocycles. The normalized spacial score (nSPS) is 19.5. The summed E-state index contributed by atoms with van der Waals surface area (Å²) in [5.74, 6) is 0.580. The zero-order chi connectivity index (χ0) is 12.4. The highest BCUT2D eigenvalue weighted by Crippen LogP contribution is 2.22. The summed E-state index contributed by atoms with van der Waals surface area (Å²) in [5, 5.41) is 0. The van der Waals surface area contributed by atoms with Gasteiger partial charge < -0.3 is 15.4 Å². The van der Waals surface area contributed by atoms with Gasteiger partial charge in [0.05, 0.1) is 5.56 Å². The minimum atomic E-state index is -0.421. The highest BCUT2D eigenvalue weighted by Gasteiger charge is 2.31. The second kappa shape index (κ2) is 4.71. The van der Waals surface area contributed by atoms with Crippen LogP contribution in [0, 0.1) is 0 Å². The number of hydrogen-bond donors (Lipinski definition) is 1. The van der Waals surface area contributed by atoms with Gasteiger partial charge in [0.2, 0.25) is 0 Å². The standard InChI is InChI=1S/C12H14N2O2S/c1-14-7-6-10(12(14)15)16-9-5-3-2-4-8(9)11(13)17/h2-5,10H,6-7H2,1H3,(H2,13,17). The summed E-state index contributed by atoms with van der Waals surface area (Å²) in [6.07, 6.45) is 0.275. The Morgan fingerprint density at radius 2 is 2.24 bits per heavy atom. The lowest BCUT2D eigenvalue weighted by Crippen LogP contribution is -2.30. The maximum absolute atomic E-state index is 11.7. The number of nitrogens with two attached hydrogens (primary N) is 1. The van der Waals surface area contributed by atoms with E-state index in [9.17, 15) is 4.79 Å². The average molecular weight is 250 g/mol. The van der Waals surface area contributed by atoms with Crippen LogP contribution in [0.4, 0.5) is 0 Å². The summed E-state index contributed by atoms with van der Waals surface area (Å²) in [5.41, 5.74) is 6.28. The Kier molecular flexibility index (Phi) is 3.28. The van der Waals surface area contributed by atoms with Gasteiger partial charge in [0.15, 0.2) is 6.10 Å². The molecule has 5 heteroatoms. The summed E-state index contributed by atoms with van der Waals surface area (Å²) in [6, 6.07) is 7.24. The molecule has 0 saturated carbocycles. The Morgan fingerprint density at radius 1 is 1.53 bits per heavy atom. The van der Waals surface area contributed by atoms with Crippen molar-refractivity contribution < 1.29 is 9.53 Å². The molecule has 1 fully saturated rings. The number of ether oxygens (including phenoxy) is 1. The monoisotopic (exact) mass is 250 g/mol. The van der Waals surface area contributed by atoms with Crippen LogP contribution in [0.15, 0.2) is 24.3 Å². The van der Waals surface area contributed by atoms with Crippen LogP contribution >= 0.6 is 12.2 Å². The molecule has 4 nitrogen and oxygen atoms in total. The van der Waals surface area contributed by atoms with Crippen molar-refractivity contribution in [3.8, 4) is 5.75 Å². The number of benzene rings is 1. The van der Waals surface area contributed by atoms with Gasteiger partial charge in [-0.1, -0.05) is 24.4 Å². The molecule has 90 valence electrons. The number of carbonyl (C=O) groups excluding carboxylic acids is 1. The second-order valence-corrected chi connectivity index (χ2v) is 4.46. The maximum Gasteiger partial charge on any atom is 0.263 e. The lowest BCUT2D eigenvalue weighted by Gasteiger charge is -2.15. The quantitative estimate of drug-likeness (QED) is 0.811. The molecular weight excluding hydrogens is 236 g/mol. The number of para-hydroxylation sites is 1. The van der Waals surface area contributed by atoms with Crippen molar-refractivity contribution in [2.75, 3.05) is 13.6 Å². The number of rotatable bonds is 3. The number of amides is 1. The van der Waals surface area contributed by atoms with E-state index in [0.29, 0.717) is 17.7 Å². The number of nitrogens with zero attached hydrogens (tertiary/aromatic N) is 1. The lowest BCUT2D eigenvalue weighted by molar-refractivity contribution is -0.132. The van der Waals surface area contributed by atoms with E-state index in [2.05, 4.69) is 0 Å². The molecule has 17 heavy (non-hydrogen) atoms. The fourth-order valence-electron chi connectivity index (χ4n) is 1.83. The molecule has 1 unspecified atom stereocenters. The summed E-state index contributed by atoms with van der Waals surface area (Å²) in [4.78, 5) is 13.7. The second-order valence-electron chi connectivity index (χ2n) is 4.02. The molecule has 1 saturated heterocycles. The van der Waals surface area contributed by atoms with Crippen LogP contribution in [0.25, 0.3) is 0 Å². The molecule has 2 N–H and O–H groups in total. The topological polar surface area (TPSA) is 55.6 Å². The van der Waals surface area contributed by atoms with Crippen molar-refractivity contribution in [1.29, 1.82) is 0 Å². The molecule has 1 aliphatic heterocycles. The molecule has 0 bridgehead atoms. The summed E-state index contributed by atoms with van der Waals surface area (Å²) < 4.78 is 5.69. The lowest BCUT2D eigenvalue weighted by atomic mass is 10.2. The first-order valence-electron chi connectivity index (χ1n) is 5.40. The minimum absolute atomic E-state index is 0.00254. The Labute approximate surface area is 105 Å².